The van der Waals surface area contributed by atoms with Gasteiger partial charge in [0.05, 0.1) is 19.2 Å². The minimum absolute atomic E-state index is 0.0623. The second-order valence-corrected chi connectivity index (χ2v) is 5.17. The van der Waals surface area contributed by atoms with E-state index in [-0.39, 0.29) is 25.0 Å². The molecule has 0 amide bonds. The van der Waals surface area contributed by atoms with Gasteiger partial charge in [0.2, 0.25) is 0 Å². The van der Waals surface area contributed by atoms with E-state index in [2.05, 4.69) is 0 Å². The van der Waals surface area contributed by atoms with Crippen molar-refractivity contribution in [2.45, 2.75) is 19.8 Å². The predicted molar refractivity (Wildman–Crippen MR) is 78.7 cm³/mol. The molecule has 0 saturated carbocycles. The average molecular weight is 303 g/mol. The molecule has 0 aliphatic carbocycles. The van der Waals surface area contributed by atoms with Crippen LogP contribution in [0, 0.1) is 6.92 Å². The van der Waals surface area contributed by atoms with Gasteiger partial charge < -0.3 is 18.8 Å². The van der Waals surface area contributed by atoms with E-state index in [4.69, 9.17) is 14.2 Å². The monoisotopic (exact) mass is 303 g/mol. The number of Topliss-reactive ketones (excluding diaryl/α,β-unsaturated/α-hetero) is 1. The van der Waals surface area contributed by atoms with Crippen LogP contribution in [0.25, 0.3) is 10.9 Å². The predicted octanol–water partition coefficient (Wildman–Crippen LogP) is 1.68. The van der Waals surface area contributed by atoms with Gasteiger partial charge in [-0.3, -0.25) is 4.79 Å². The van der Waals surface area contributed by atoms with E-state index in [0.29, 0.717) is 12.1 Å². The molecule has 0 radical (unpaired) electrons. The third-order valence-corrected chi connectivity index (χ3v) is 3.81. The Morgan fingerprint density at radius 1 is 1.32 bits per heavy atom. The summed E-state index contributed by atoms with van der Waals surface area (Å²) in [6.07, 6.45) is -0.502. The fourth-order valence-electron chi connectivity index (χ4n) is 2.74. The van der Waals surface area contributed by atoms with Crippen LogP contribution in [0.4, 0.5) is 0 Å². The Morgan fingerprint density at radius 2 is 2.00 bits per heavy atom. The number of methoxy groups -OCH3 is 1. The molecule has 1 aromatic heterocycles. The molecule has 1 saturated heterocycles. The lowest BCUT2D eigenvalue weighted by Crippen LogP contribution is -2.35. The van der Waals surface area contributed by atoms with Crippen LogP contribution >= 0.6 is 0 Å². The van der Waals surface area contributed by atoms with Gasteiger partial charge in [-0.25, -0.2) is 4.79 Å². The summed E-state index contributed by atoms with van der Waals surface area (Å²) in [4.78, 5) is 23.2. The van der Waals surface area contributed by atoms with Crippen LogP contribution in [-0.4, -0.2) is 42.9 Å². The number of para-hydroxylation sites is 1. The van der Waals surface area contributed by atoms with Crippen LogP contribution in [0.2, 0.25) is 0 Å². The number of carbonyl (C=O) groups is 2. The van der Waals surface area contributed by atoms with Crippen molar-refractivity contribution in [3.8, 4) is 0 Å². The largest absolute Gasteiger partial charge is 0.465 e. The lowest BCUT2D eigenvalue weighted by atomic mass is 10.1. The first-order valence-corrected chi connectivity index (χ1v) is 7.03. The van der Waals surface area contributed by atoms with Crippen molar-refractivity contribution in [3.05, 3.63) is 35.5 Å². The summed E-state index contributed by atoms with van der Waals surface area (Å²) < 4.78 is 17.6. The lowest BCUT2D eigenvalue weighted by Gasteiger charge is -2.23. The van der Waals surface area contributed by atoms with Crippen LogP contribution in [0.3, 0.4) is 0 Å². The highest BCUT2D eigenvalue weighted by Gasteiger charge is 2.25. The van der Waals surface area contributed by atoms with Gasteiger partial charge in [-0.2, -0.15) is 0 Å². The Hall–Kier alpha value is -2.18. The van der Waals surface area contributed by atoms with E-state index in [1.54, 1.807) is 0 Å². The summed E-state index contributed by atoms with van der Waals surface area (Å²) in [5.74, 6) is -0.436. The van der Waals surface area contributed by atoms with Gasteiger partial charge >= 0.3 is 5.97 Å². The van der Waals surface area contributed by atoms with Crippen molar-refractivity contribution in [1.29, 1.82) is 0 Å². The summed E-state index contributed by atoms with van der Waals surface area (Å²) in [5.41, 5.74) is 2.24. The molecule has 1 fully saturated rings. The van der Waals surface area contributed by atoms with E-state index in [9.17, 15) is 9.59 Å². The summed E-state index contributed by atoms with van der Waals surface area (Å²) in [7, 11) is 1.37. The number of hydrogen-bond acceptors (Lipinski definition) is 5. The van der Waals surface area contributed by atoms with Crippen LogP contribution in [0.15, 0.2) is 24.3 Å². The van der Waals surface area contributed by atoms with Gasteiger partial charge in [-0.05, 0) is 13.0 Å². The Bertz CT molecular complexity index is 723. The first-order chi connectivity index (χ1) is 10.6. The summed E-state index contributed by atoms with van der Waals surface area (Å²) >= 11 is 0. The standard InChI is InChI=1S/C16H17NO5/c1-10-15(16(19)20-2)12-5-3-4-6-13(12)17(10)7-14-21-8-11(18)9-22-14/h3-6,14H,7-9H2,1-2H3. The maximum Gasteiger partial charge on any atom is 0.340 e. The molecule has 2 heterocycles. The van der Waals surface area contributed by atoms with Crippen molar-refractivity contribution in [2.24, 2.45) is 0 Å². The molecule has 1 aliphatic heterocycles. The van der Waals surface area contributed by atoms with Gasteiger partial charge in [0.15, 0.2) is 12.1 Å². The highest BCUT2D eigenvalue weighted by atomic mass is 16.7. The number of fused-ring (bicyclic) bond motifs is 1. The normalized spacial score (nSPS) is 16.2. The molecular formula is C16H17NO5. The smallest absolute Gasteiger partial charge is 0.340 e. The topological polar surface area (TPSA) is 66.8 Å². The first-order valence-electron chi connectivity index (χ1n) is 7.03. The number of nitrogens with zero attached hydrogens (tertiary/aromatic N) is 1. The van der Waals surface area contributed by atoms with E-state index in [1.807, 2.05) is 35.8 Å². The maximum atomic E-state index is 12.1. The third-order valence-electron chi connectivity index (χ3n) is 3.81. The van der Waals surface area contributed by atoms with Crippen molar-refractivity contribution in [1.82, 2.24) is 4.57 Å². The van der Waals surface area contributed by atoms with Gasteiger partial charge in [0.25, 0.3) is 0 Å². The van der Waals surface area contributed by atoms with Gasteiger partial charge in [-0.15, -0.1) is 0 Å². The molecule has 2 aromatic rings. The Kier molecular flexibility index (Phi) is 3.96. The molecule has 0 bridgehead atoms. The van der Waals surface area contributed by atoms with Crippen LogP contribution in [0.1, 0.15) is 16.1 Å². The molecule has 0 unspecified atom stereocenters. The van der Waals surface area contributed by atoms with E-state index in [0.717, 1.165) is 16.6 Å². The molecule has 6 heteroatoms. The average Bonchev–Trinajstić information content (AvgIpc) is 2.81. The molecular weight excluding hydrogens is 286 g/mol. The first kappa shape index (κ1) is 14.7. The molecule has 116 valence electrons. The molecule has 1 aliphatic rings. The number of carbonyl (C=O) groups excluding carboxylic acids is 2. The fourth-order valence-corrected chi connectivity index (χ4v) is 2.74. The molecule has 22 heavy (non-hydrogen) atoms. The number of ether oxygens (including phenoxy) is 3. The van der Waals surface area contributed by atoms with E-state index in [1.165, 1.54) is 7.11 Å². The zero-order valence-electron chi connectivity index (χ0n) is 12.5. The SMILES string of the molecule is COC(=O)c1c(C)n(CC2OCC(=O)CO2)c2ccccc12. The minimum atomic E-state index is -0.502. The Labute approximate surface area is 127 Å². The molecule has 0 spiro atoms. The summed E-state index contributed by atoms with van der Waals surface area (Å²) in [6.45, 7) is 2.40. The van der Waals surface area contributed by atoms with Gasteiger partial charge in [-0.1, -0.05) is 18.2 Å². The van der Waals surface area contributed by atoms with Crippen molar-refractivity contribution >= 4 is 22.7 Å². The lowest BCUT2D eigenvalue weighted by molar-refractivity contribution is -0.189. The van der Waals surface area contributed by atoms with Crippen molar-refractivity contribution in [3.63, 3.8) is 0 Å². The summed E-state index contributed by atoms with van der Waals surface area (Å²) in [5, 5.41) is 0.832. The summed E-state index contributed by atoms with van der Waals surface area (Å²) in [6, 6.07) is 7.61. The van der Waals surface area contributed by atoms with Crippen LogP contribution in [-0.2, 0) is 25.5 Å². The molecule has 1 aromatic carbocycles. The highest BCUT2D eigenvalue weighted by molar-refractivity contribution is 6.05. The van der Waals surface area contributed by atoms with Gasteiger partial charge in [0.1, 0.15) is 13.2 Å². The number of ketones is 1. The number of benzene rings is 1. The van der Waals surface area contributed by atoms with Crippen LogP contribution < -0.4 is 0 Å². The third kappa shape index (κ3) is 2.51. The molecule has 0 atom stereocenters. The van der Waals surface area contributed by atoms with Crippen molar-refractivity contribution < 1.29 is 23.8 Å². The Morgan fingerprint density at radius 3 is 2.68 bits per heavy atom. The van der Waals surface area contributed by atoms with E-state index >= 15 is 0 Å². The number of rotatable bonds is 3. The Balaban J connectivity index is 2.00. The van der Waals surface area contributed by atoms with Crippen LogP contribution in [0.5, 0.6) is 0 Å². The number of hydrogen-bond donors (Lipinski definition) is 0. The van der Waals surface area contributed by atoms with Gasteiger partial charge in [0, 0.05) is 16.6 Å². The van der Waals surface area contributed by atoms with Crippen molar-refractivity contribution in [2.75, 3.05) is 20.3 Å². The number of esters is 1. The number of aromatic nitrogens is 1. The zero-order valence-corrected chi connectivity index (χ0v) is 12.5. The fraction of sp³-hybridized carbons (Fsp3) is 0.375. The molecule has 6 nitrogen and oxygen atoms in total. The van der Waals surface area contributed by atoms with E-state index < -0.39 is 6.29 Å². The molecule has 0 N–H and O–H groups in total. The minimum Gasteiger partial charge on any atom is -0.465 e. The maximum absolute atomic E-state index is 12.1. The quantitative estimate of drug-likeness (QED) is 0.807. The second kappa shape index (κ2) is 5.90. The zero-order chi connectivity index (χ0) is 15.7. The second-order valence-electron chi connectivity index (χ2n) is 5.17. The molecule has 3 rings (SSSR count). The highest BCUT2D eigenvalue weighted by Crippen LogP contribution is 2.27.